The van der Waals surface area contributed by atoms with E-state index in [4.69, 9.17) is 4.74 Å². The van der Waals surface area contributed by atoms with Crippen molar-refractivity contribution in [2.24, 2.45) is 11.8 Å². The summed E-state index contributed by atoms with van der Waals surface area (Å²) in [5, 5.41) is 0. The first-order valence-corrected chi connectivity index (χ1v) is 12.5. The van der Waals surface area contributed by atoms with Crippen LogP contribution in [-0.4, -0.2) is 45.7 Å². The van der Waals surface area contributed by atoms with Crippen molar-refractivity contribution in [1.29, 1.82) is 0 Å². The van der Waals surface area contributed by atoms with Gasteiger partial charge in [0.1, 0.15) is 9.84 Å². The summed E-state index contributed by atoms with van der Waals surface area (Å²) in [4.78, 5) is 2.42. The molecule has 152 valence electrons. The van der Waals surface area contributed by atoms with E-state index in [9.17, 15) is 8.42 Å². The third kappa shape index (κ3) is 6.49. The topological polar surface area (TPSA) is 46.6 Å². The average Bonchev–Trinajstić information content (AvgIpc) is 2.59. The van der Waals surface area contributed by atoms with Crippen molar-refractivity contribution in [3.8, 4) is 0 Å². The Kier molecular flexibility index (Phi) is 6.85. The maximum absolute atomic E-state index is 11.5. The van der Waals surface area contributed by atoms with E-state index in [1.807, 2.05) is 0 Å². The van der Waals surface area contributed by atoms with Gasteiger partial charge in [0.15, 0.2) is 0 Å². The number of hydrogen-bond donors (Lipinski definition) is 0. The Morgan fingerprint density at radius 1 is 0.963 bits per heavy atom. The molecule has 0 unspecified atom stereocenters. The summed E-state index contributed by atoms with van der Waals surface area (Å²) in [5.41, 5.74) is 2.70. The van der Waals surface area contributed by atoms with Crippen LogP contribution in [0.2, 0.25) is 0 Å². The summed E-state index contributed by atoms with van der Waals surface area (Å²) in [6, 6.07) is 9.05. The number of rotatable bonds is 6. The smallest absolute Gasteiger partial charge is 0.147 e. The van der Waals surface area contributed by atoms with E-state index in [1.54, 1.807) is 0 Å². The molecule has 2 aliphatic rings. The van der Waals surface area contributed by atoms with Gasteiger partial charge in [0.2, 0.25) is 0 Å². The van der Waals surface area contributed by atoms with E-state index in [0.717, 1.165) is 38.3 Å². The normalized spacial score (nSPS) is 29.7. The molecule has 4 nitrogen and oxygen atoms in total. The zero-order valence-corrected chi connectivity index (χ0v) is 17.9. The molecule has 27 heavy (non-hydrogen) atoms. The van der Waals surface area contributed by atoms with Crippen molar-refractivity contribution in [2.45, 2.75) is 64.6 Å². The lowest BCUT2D eigenvalue weighted by atomic mass is 9.80. The highest BCUT2D eigenvalue weighted by Gasteiger charge is 2.24. The molecule has 0 radical (unpaired) electrons. The fourth-order valence-electron chi connectivity index (χ4n) is 4.75. The van der Waals surface area contributed by atoms with E-state index in [2.05, 4.69) is 43.0 Å². The molecule has 1 heterocycles. The molecule has 1 aliphatic heterocycles. The number of sulfone groups is 1. The van der Waals surface area contributed by atoms with Crippen LogP contribution in [0.3, 0.4) is 0 Å². The first-order chi connectivity index (χ1) is 12.8. The quantitative estimate of drug-likeness (QED) is 0.730. The molecule has 5 heteroatoms. The summed E-state index contributed by atoms with van der Waals surface area (Å²) in [6.45, 7) is 6.20. The zero-order chi connectivity index (χ0) is 19.4. The molecule has 3 rings (SSSR count). The highest BCUT2D eigenvalue weighted by Crippen LogP contribution is 2.32. The molecule has 2 fully saturated rings. The van der Waals surface area contributed by atoms with Gasteiger partial charge < -0.3 is 9.64 Å². The molecule has 1 saturated heterocycles. The standard InChI is InChI=1S/C22H35NO3S/c1-17-14-23(15-18(2)26-17)22-12-10-20(11-13-22)5-4-19-6-8-21(9-7-19)16-27(3,24)25/h10-13,17-19,21H,4-9,14-16H2,1-3H3/t17-,18+,19?,21?. The van der Waals surface area contributed by atoms with Crippen molar-refractivity contribution >= 4 is 15.5 Å². The van der Waals surface area contributed by atoms with Crippen molar-refractivity contribution < 1.29 is 13.2 Å². The number of anilines is 1. The molecule has 0 aromatic heterocycles. The minimum absolute atomic E-state index is 0.284. The molecule has 0 amide bonds. The SMILES string of the molecule is C[C@@H]1CN(c2ccc(CCC3CCC(CS(C)(=O)=O)CC3)cc2)C[C@H](C)O1. The van der Waals surface area contributed by atoms with E-state index >= 15 is 0 Å². The fourth-order valence-corrected chi connectivity index (χ4v) is 5.94. The predicted octanol–water partition coefficient (Wildman–Crippen LogP) is 4.08. The lowest BCUT2D eigenvalue weighted by Crippen LogP contribution is -2.45. The number of benzene rings is 1. The Labute approximate surface area is 165 Å². The molecule has 0 spiro atoms. The van der Waals surface area contributed by atoms with E-state index in [-0.39, 0.29) is 12.2 Å². The van der Waals surface area contributed by atoms with Crippen molar-refractivity contribution in [2.75, 3.05) is 30.0 Å². The Hall–Kier alpha value is -1.07. The van der Waals surface area contributed by atoms with Crippen molar-refractivity contribution in [3.05, 3.63) is 29.8 Å². The van der Waals surface area contributed by atoms with Crippen LogP contribution < -0.4 is 4.90 Å². The summed E-state index contributed by atoms with van der Waals surface area (Å²) < 4.78 is 28.7. The van der Waals surface area contributed by atoms with Gasteiger partial charge in [-0.2, -0.15) is 0 Å². The summed E-state index contributed by atoms with van der Waals surface area (Å²) >= 11 is 0. The molecule has 1 saturated carbocycles. The molecule has 1 aliphatic carbocycles. The monoisotopic (exact) mass is 393 g/mol. The van der Waals surface area contributed by atoms with Crippen molar-refractivity contribution in [3.63, 3.8) is 0 Å². The number of ether oxygens (including phenoxy) is 1. The van der Waals surface area contributed by atoms with Gasteiger partial charge in [0, 0.05) is 25.0 Å². The van der Waals surface area contributed by atoms with E-state index in [1.165, 1.54) is 36.8 Å². The molecule has 1 aromatic rings. The number of nitrogens with zero attached hydrogens (tertiary/aromatic N) is 1. The molecule has 2 atom stereocenters. The highest BCUT2D eigenvalue weighted by molar-refractivity contribution is 7.90. The summed E-state index contributed by atoms with van der Waals surface area (Å²) in [5.74, 6) is 1.51. The number of morpholine rings is 1. The van der Waals surface area contributed by atoms with Crippen LogP contribution in [0.15, 0.2) is 24.3 Å². The van der Waals surface area contributed by atoms with Crippen LogP contribution in [0.1, 0.15) is 51.5 Å². The van der Waals surface area contributed by atoms with Gasteiger partial charge in [-0.25, -0.2) is 8.42 Å². The molecular formula is C22H35NO3S. The predicted molar refractivity (Wildman–Crippen MR) is 112 cm³/mol. The lowest BCUT2D eigenvalue weighted by molar-refractivity contribution is -0.00521. The first-order valence-electron chi connectivity index (χ1n) is 10.5. The minimum atomic E-state index is -2.83. The van der Waals surface area contributed by atoms with Gasteiger partial charge in [-0.15, -0.1) is 0 Å². The largest absolute Gasteiger partial charge is 0.372 e. The van der Waals surface area contributed by atoms with Crippen LogP contribution in [0.4, 0.5) is 5.69 Å². The maximum Gasteiger partial charge on any atom is 0.147 e. The number of aryl methyl sites for hydroxylation is 1. The van der Waals surface area contributed by atoms with Crippen LogP contribution >= 0.6 is 0 Å². The van der Waals surface area contributed by atoms with Gasteiger partial charge in [-0.1, -0.05) is 25.0 Å². The van der Waals surface area contributed by atoms with Gasteiger partial charge in [-0.3, -0.25) is 0 Å². The minimum Gasteiger partial charge on any atom is -0.372 e. The molecule has 0 N–H and O–H groups in total. The molecular weight excluding hydrogens is 358 g/mol. The van der Waals surface area contributed by atoms with Gasteiger partial charge in [0.05, 0.1) is 18.0 Å². The fraction of sp³-hybridized carbons (Fsp3) is 0.727. The Bertz CT molecular complexity index is 683. The summed E-state index contributed by atoms with van der Waals surface area (Å²) in [6.07, 6.45) is 8.78. The zero-order valence-electron chi connectivity index (χ0n) is 17.1. The molecule has 1 aromatic carbocycles. The van der Waals surface area contributed by atoms with Gasteiger partial charge >= 0.3 is 0 Å². The second-order valence-corrected chi connectivity index (χ2v) is 11.0. The Morgan fingerprint density at radius 2 is 1.52 bits per heavy atom. The Morgan fingerprint density at radius 3 is 2.07 bits per heavy atom. The maximum atomic E-state index is 11.5. The van der Waals surface area contributed by atoms with E-state index in [0.29, 0.717) is 11.7 Å². The second-order valence-electron chi connectivity index (χ2n) is 8.85. The van der Waals surface area contributed by atoms with Crippen LogP contribution in [-0.2, 0) is 21.0 Å². The van der Waals surface area contributed by atoms with Gasteiger partial charge in [0.25, 0.3) is 0 Å². The third-order valence-corrected chi connectivity index (χ3v) is 7.14. The van der Waals surface area contributed by atoms with Crippen LogP contribution in [0, 0.1) is 11.8 Å². The van der Waals surface area contributed by atoms with Crippen molar-refractivity contribution in [1.82, 2.24) is 0 Å². The first kappa shape index (κ1) is 20.7. The number of hydrogen-bond acceptors (Lipinski definition) is 4. The Balaban J connectivity index is 1.44. The average molecular weight is 394 g/mol. The van der Waals surface area contributed by atoms with Crippen LogP contribution in [0.25, 0.3) is 0 Å². The lowest BCUT2D eigenvalue weighted by Gasteiger charge is -2.37. The van der Waals surface area contributed by atoms with E-state index < -0.39 is 9.84 Å². The highest BCUT2D eigenvalue weighted by atomic mass is 32.2. The summed E-state index contributed by atoms with van der Waals surface area (Å²) in [7, 11) is -2.83. The second kappa shape index (κ2) is 8.95. The third-order valence-electron chi connectivity index (χ3n) is 6.07. The van der Waals surface area contributed by atoms with Crippen LogP contribution in [0.5, 0.6) is 0 Å². The molecule has 0 bridgehead atoms. The van der Waals surface area contributed by atoms with Gasteiger partial charge in [-0.05, 0) is 69.1 Å².